The van der Waals surface area contributed by atoms with Gasteiger partial charge in [-0.2, -0.15) is 0 Å². The molecule has 3 N–H and O–H groups in total. The van der Waals surface area contributed by atoms with E-state index in [9.17, 15) is 4.79 Å². The molecule has 20 heavy (non-hydrogen) atoms. The van der Waals surface area contributed by atoms with Gasteiger partial charge in [0.25, 0.3) is 0 Å². The third kappa shape index (κ3) is 3.75. The fourth-order valence-electron chi connectivity index (χ4n) is 3.90. The Morgan fingerprint density at radius 2 is 1.70 bits per heavy atom. The maximum Gasteiger partial charge on any atom is 0.223 e. The Balaban J connectivity index is 1.86. The number of carbonyl (C=O) groups is 1. The highest BCUT2D eigenvalue weighted by molar-refractivity contribution is 5.79. The fraction of sp³-hybridized carbons (Fsp3) is 0.941. The monoisotopic (exact) mass is 280 g/mol. The van der Waals surface area contributed by atoms with Crippen LogP contribution >= 0.6 is 0 Å². The molecular weight excluding hydrogens is 248 g/mol. The minimum absolute atomic E-state index is 0.121. The average molecular weight is 280 g/mol. The molecule has 1 amide bonds. The molecule has 2 rings (SSSR count). The zero-order valence-corrected chi connectivity index (χ0v) is 13.6. The van der Waals surface area contributed by atoms with Gasteiger partial charge in [-0.25, -0.2) is 0 Å². The second-order valence-electron chi connectivity index (χ2n) is 8.14. The van der Waals surface area contributed by atoms with E-state index in [0.29, 0.717) is 23.3 Å². The van der Waals surface area contributed by atoms with Crippen molar-refractivity contribution >= 4 is 5.91 Å². The van der Waals surface area contributed by atoms with Gasteiger partial charge in [-0.3, -0.25) is 4.79 Å². The first-order valence-corrected chi connectivity index (χ1v) is 8.34. The van der Waals surface area contributed by atoms with Crippen molar-refractivity contribution in [2.24, 2.45) is 28.9 Å². The summed E-state index contributed by atoms with van der Waals surface area (Å²) in [6, 6.07) is 0.575. The Morgan fingerprint density at radius 3 is 2.30 bits per heavy atom. The molecule has 2 aliphatic rings. The molecule has 2 aliphatic carbocycles. The molecule has 3 nitrogen and oxygen atoms in total. The molecule has 0 aromatic rings. The minimum Gasteiger partial charge on any atom is -0.353 e. The third-order valence-corrected chi connectivity index (χ3v) is 5.71. The Labute approximate surface area is 124 Å². The summed E-state index contributed by atoms with van der Waals surface area (Å²) in [5.74, 6) is 1.38. The highest BCUT2D eigenvalue weighted by Crippen LogP contribution is 2.36. The molecule has 0 radical (unpaired) electrons. The molecule has 4 unspecified atom stereocenters. The number of hydrogen-bond acceptors (Lipinski definition) is 2. The van der Waals surface area contributed by atoms with E-state index >= 15 is 0 Å². The molecule has 0 spiro atoms. The van der Waals surface area contributed by atoms with Crippen LogP contribution in [0, 0.1) is 23.2 Å². The van der Waals surface area contributed by atoms with Gasteiger partial charge < -0.3 is 11.1 Å². The summed E-state index contributed by atoms with van der Waals surface area (Å²) < 4.78 is 0. The third-order valence-electron chi connectivity index (χ3n) is 5.71. The zero-order chi connectivity index (χ0) is 14.9. The summed E-state index contributed by atoms with van der Waals surface area (Å²) >= 11 is 0. The average Bonchev–Trinajstić information content (AvgIpc) is 2.36. The largest absolute Gasteiger partial charge is 0.353 e. The first kappa shape index (κ1) is 15.8. The van der Waals surface area contributed by atoms with Crippen LogP contribution in [0.25, 0.3) is 0 Å². The highest BCUT2D eigenvalue weighted by atomic mass is 16.2. The summed E-state index contributed by atoms with van der Waals surface area (Å²) in [7, 11) is 0. The van der Waals surface area contributed by atoms with Crippen LogP contribution in [-0.2, 0) is 4.79 Å². The van der Waals surface area contributed by atoms with Gasteiger partial charge in [0.1, 0.15) is 0 Å². The van der Waals surface area contributed by atoms with E-state index in [1.165, 1.54) is 12.8 Å². The number of amides is 1. The van der Waals surface area contributed by atoms with Gasteiger partial charge in [0, 0.05) is 18.0 Å². The molecule has 0 aromatic heterocycles. The molecular formula is C17H32N2O. The van der Waals surface area contributed by atoms with E-state index < -0.39 is 0 Å². The summed E-state index contributed by atoms with van der Waals surface area (Å²) in [6.45, 7) is 9.07. The summed E-state index contributed by atoms with van der Waals surface area (Å²) in [6.07, 6.45) is 6.62. The Morgan fingerprint density at radius 1 is 1.10 bits per heavy atom. The van der Waals surface area contributed by atoms with Crippen LogP contribution in [0.1, 0.15) is 66.2 Å². The predicted octanol–water partition coefficient (Wildman–Crippen LogP) is 3.08. The molecule has 0 heterocycles. The standard InChI is InChI=1S/C17H32N2O/c1-11-9-12(2)15(18)10-14(11)16(20)19-13-5-7-17(3,4)8-6-13/h11-15H,5-10,18H2,1-4H3,(H,19,20). The van der Waals surface area contributed by atoms with E-state index in [1.54, 1.807) is 0 Å². The Hall–Kier alpha value is -0.570. The maximum absolute atomic E-state index is 12.5. The lowest BCUT2D eigenvalue weighted by molar-refractivity contribution is -0.129. The number of carbonyl (C=O) groups excluding carboxylic acids is 1. The van der Waals surface area contributed by atoms with Gasteiger partial charge in [0.2, 0.25) is 5.91 Å². The number of nitrogens with one attached hydrogen (secondary N) is 1. The molecule has 0 aliphatic heterocycles. The van der Waals surface area contributed by atoms with Crippen LogP contribution < -0.4 is 11.1 Å². The van der Waals surface area contributed by atoms with Crippen LogP contribution in [0.3, 0.4) is 0 Å². The topological polar surface area (TPSA) is 55.1 Å². The van der Waals surface area contributed by atoms with Crippen molar-refractivity contribution in [1.29, 1.82) is 0 Å². The number of nitrogens with two attached hydrogens (primary N) is 1. The van der Waals surface area contributed by atoms with E-state index in [1.807, 2.05) is 0 Å². The van der Waals surface area contributed by atoms with Crippen molar-refractivity contribution in [2.45, 2.75) is 78.3 Å². The molecule has 0 aromatic carbocycles. The van der Waals surface area contributed by atoms with Crippen LogP contribution in [0.15, 0.2) is 0 Å². The number of hydrogen-bond donors (Lipinski definition) is 2. The normalized spacial score (nSPS) is 38.5. The van der Waals surface area contributed by atoms with Gasteiger partial charge in [-0.05, 0) is 55.8 Å². The first-order valence-electron chi connectivity index (χ1n) is 8.34. The van der Waals surface area contributed by atoms with Gasteiger partial charge >= 0.3 is 0 Å². The molecule has 0 saturated heterocycles. The van der Waals surface area contributed by atoms with Gasteiger partial charge in [0.05, 0.1) is 0 Å². The maximum atomic E-state index is 12.5. The molecule has 0 bridgehead atoms. The summed E-state index contributed by atoms with van der Waals surface area (Å²) in [4.78, 5) is 12.5. The van der Waals surface area contributed by atoms with Crippen LogP contribution in [-0.4, -0.2) is 18.0 Å². The van der Waals surface area contributed by atoms with Crippen molar-refractivity contribution in [3.8, 4) is 0 Å². The van der Waals surface area contributed by atoms with Crippen molar-refractivity contribution in [3.05, 3.63) is 0 Å². The summed E-state index contributed by atoms with van der Waals surface area (Å²) in [5, 5.41) is 3.30. The highest BCUT2D eigenvalue weighted by Gasteiger charge is 2.36. The van der Waals surface area contributed by atoms with E-state index in [0.717, 1.165) is 25.7 Å². The lowest BCUT2D eigenvalue weighted by Crippen LogP contribution is -2.48. The summed E-state index contributed by atoms with van der Waals surface area (Å²) in [5.41, 5.74) is 6.61. The lowest BCUT2D eigenvalue weighted by Gasteiger charge is -2.38. The van der Waals surface area contributed by atoms with Gasteiger partial charge in [-0.1, -0.05) is 27.7 Å². The molecule has 4 atom stereocenters. The van der Waals surface area contributed by atoms with Crippen molar-refractivity contribution in [2.75, 3.05) is 0 Å². The molecule has 116 valence electrons. The lowest BCUT2D eigenvalue weighted by atomic mass is 9.72. The van der Waals surface area contributed by atoms with Gasteiger partial charge in [0.15, 0.2) is 0 Å². The van der Waals surface area contributed by atoms with Crippen molar-refractivity contribution < 1.29 is 4.79 Å². The quantitative estimate of drug-likeness (QED) is 0.816. The van der Waals surface area contributed by atoms with Crippen LogP contribution in [0.4, 0.5) is 0 Å². The Bertz CT molecular complexity index is 343. The van der Waals surface area contributed by atoms with Crippen LogP contribution in [0.2, 0.25) is 0 Å². The fourth-order valence-corrected chi connectivity index (χ4v) is 3.90. The van der Waals surface area contributed by atoms with Crippen molar-refractivity contribution in [1.82, 2.24) is 5.32 Å². The van der Waals surface area contributed by atoms with Crippen LogP contribution in [0.5, 0.6) is 0 Å². The zero-order valence-electron chi connectivity index (χ0n) is 13.6. The number of rotatable bonds is 2. The van der Waals surface area contributed by atoms with E-state index in [2.05, 4.69) is 33.0 Å². The first-order chi connectivity index (χ1) is 9.28. The second kappa shape index (κ2) is 6.05. The molecule has 2 fully saturated rings. The van der Waals surface area contributed by atoms with E-state index in [-0.39, 0.29) is 17.9 Å². The smallest absolute Gasteiger partial charge is 0.223 e. The Kier molecular flexibility index (Phi) is 4.78. The second-order valence-corrected chi connectivity index (χ2v) is 8.14. The molecule has 3 heteroatoms. The SMILES string of the molecule is CC1CC(C)C(C(=O)NC2CCC(C)(C)CC2)CC1N. The van der Waals surface area contributed by atoms with Crippen molar-refractivity contribution in [3.63, 3.8) is 0 Å². The predicted molar refractivity (Wildman–Crippen MR) is 83.2 cm³/mol. The minimum atomic E-state index is 0.121. The molecule has 2 saturated carbocycles. The van der Waals surface area contributed by atoms with Gasteiger partial charge in [-0.15, -0.1) is 0 Å². The van der Waals surface area contributed by atoms with E-state index in [4.69, 9.17) is 5.73 Å².